The molecule has 0 atom stereocenters. The van der Waals surface area contributed by atoms with Crippen LogP contribution in [0.4, 0.5) is 10.1 Å². The number of hydrogen-bond donors (Lipinski definition) is 1. The topological polar surface area (TPSA) is 29.9 Å². The Morgan fingerprint density at radius 1 is 1.41 bits per heavy atom. The lowest BCUT2D eigenvalue weighted by atomic mass is 10.2. The van der Waals surface area contributed by atoms with Crippen LogP contribution in [0, 0.1) is 12.7 Å². The van der Waals surface area contributed by atoms with E-state index in [2.05, 4.69) is 10.3 Å². The van der Waals surface area contributed by atoms with Gasteiger partial charge in [0.2, 0.25) is 0 Å². The molecular weight excluding hydrogens is 217 g/mol. The number of aromatic nitrogens is 2. The van der Waals surface area contributed by atoms with Crippen LogP contribution in [-0.4, -0.2) is 16.1 Å². The summed E-state index contributed by atoms with van der Waals surface area (Å²) in [6, 6.07) is 5.22. The Labute approximate surface area is 100 Å². The summed E-state index contributed by atoms with van der Waals surface area (Å²) in [6.45, 7) is 3.52. The van der Waals surface area contributed by atoms with Crippen LogP contribution < -0.4 is 5.32 Å². The van der Waals surface area contributed by atoms with Gasteiger partial charge < -0.3 is 9.88 Å². The van der Waals surface area contributed by atoms with Crippen molar-refractivity contribution in [3.8, 4) is 0 Å². The van der Waals surface area contributed by atoms with Crippen LogP contribution in [0.1, 0.15) is 12.0 Å². The Morgan fingerprint density at radius 2 is 2.29 bits per heavy atom. The number of hydrogen-bond acceptors (Lipinski definition) is 2. The Bertz CT molecular complexity index is 466. The highest BCUT2D eigenvalue weighted by molar-refractivity contribution is 5.45. The highest BCUT2D eigenvalue weighted by Crippen LogP contribution is 2.14. The fourth-order valence-electron chi connectivity index (χ4n) is 1.67. The van der Waals surface area contributed by atoms with Gasteiger partial charge in [-0.25, -0.2) is 9.37 Å². The first-order chi connectivity index (χ1) is 8.25. The predicted molar refractivity (Wildman–Crippen MR) is 66.5 cm³/mol. The molecule has 1 N–H and O–H groups in total. The van der Waals surface area contributed by atoms with Gasteiger partial charge in [0, 0.05) is 25.5 Å². The van der Waals surface area contributed by atoms with Crippen LogP contribution in [0.2, 0.25) is 0 Å². The van der Waals surface area contributed by atoms with Gasteiger partial charge in [-0.2, -0.15) is 0 Å². The van der Waals surface area contributed by atoms with E-state index in [4.69, 9.17) is 0 Å². The van der Waals surface area contributed by atoms with Crippen molar-refractivity contribution in [3.05, 3.63) is 48.3 Å². The lowest BCUT2D eigenvalue weighted by molar-refractivity contribution is 0.624. The average molecular weight is 233 g/mol. The molecule has 90 valence electrons. The van der Waals surface area contributed by atoms with E-state index in [0.717, 1.165) is 25.1 Å². The molecular formula is C13H16FN3. The summed E-state index contributed by atoms with van der Waals surface area (Å²) in [4.78, 5) is 3.97. The summed E-state index contributed by atoms with van der Waals surface area (Å²) < 4.78 is 15.5. The Balaban J connectivity index is 1.78. The molecule has 0 fully saturated rings. The molecule has 1 aromatic carbocycles. The maximum atomic E-state index is 13.5. The van der Waals surface area contributed by atoms with E-state index in [1.807, 2.05) is 23.8 Å². The van der Waals surface area contributed by atoms with Crippen molar-refractivity contribution in [2.24, 2.45) is 0 Å². The molecule has 17 heavy (non-hydrogen) atoms. The molecule has 0 amide bonds. The minimum absolute atomic E-state index is 0.187. The van der Waals surface area contributed by atoms with Gasteiger partial charge in [-0.05, 0) is 31.0 Å². The molecule has 0 aliphatic heterocycles. The minimum atomic E-state index is -0.187. The van der Waals surface area contributed by atoms with Crippen LogP contribution in [0.15, 0.2) is 36.9 Å². The zero-order chi connectivity index (χ0) is 12.1. The van der Waals surface area contributed by atoms with E-state index in [0.29, 0.717) is 5.69 Å². The van der Waals surface area contributed by atoms with E-state index in [1.54, 1.807) is 18.6 Å². The van der Waals surface area contributed by atoms with Gasteiger partial charge in [-0.1, -0.05) is 6.07 Å². The predicted octanol–water partition coefficient (Wildman–Crippen LogP) is 2.83. The van der Waals surface area contributed by atoms with Crippen LogP contribution in [-0.2, 0) is 6.54 Å². The van der Waals surface area contributed by atoms with Gasteiger partial charge in [0.25, 0.3) is 0 Å². The third-order valence-corrected chi connectivity index (χ3v) is 2.59. The van der Waals surface area contributed by atoms with Crippen molar-refractivity contribution >= 4 is 5.69 Å². The van der Waals surface area contributed by atoms with Gasteiger partial charge in [-0.3, -0.25) is 0 Å². The standard InChI is InChI=1S/C13H16FN3/c1-11-3-4-13(12(14)9-11)16-5-2-7-17-8-6-15-10-17/h3-4,6,8-10,16H,2,5,7H2,1H3. The second-order valence-corrected chi connectivity index (χ2v) is 4.06. The summed E-state index contributed by atoms with van der Waals surface area (Å²) in [5.41, 5.74) is 1.51. The molecule has 4 heteroatoms. The summed E-state index contributed by atoms with van der Waals surface area (Å²) in [5, 5.41) is 3.09. The van der Waals surface area contributed by atoms with Crippen LogP contribution in [0.25, 0.3) is 0 Å². The van der Waals surface area contributed by atoms with Gasteiger partial charge in [-0.15, -0.1) is 0 Å². The van der Waals surface area contributed by atoms with Crippen LogP contribution >= 0.6 is 0 Å². The molecule has 1 heterocycles. The molecule has 1 aromatic heterocycles. The second-order valence-electron chi connectivity index (χ2n) is 4.06. The van der Waals surface area contributed by atoms with Crippen LogP contribution in [0.5, 0.6) is 0 Å². The highest BCUT2D eigenvalue weighted by Gasteiger charge is 2.00. The number of aryl methyl sites for hydroxylation is 2. The fourth-order valence-corrected chi connectivity index (χ4v) is 1.67. The Morgan fingerprint density at radius 3 is 3.00 bits per heavy atom. The first-order valence-electron chi connectivity index (χ1n) is 5.71. The monoisotopic (exact) mass is 233 g/mol. The molecule has 0 saturated carbocycles. The molecule has 0 aliphatic carbocycles. The van der Waals surface area contributed by atoms with Crippen molar-refractivity contribution in [2.45, 2.75) is 19.9 Å². The number of rotatable bonds is 5. The zero-order valence-electron chi connectivity index (χ0n) is 9.86. The molecule has 2 rings (SSSR count). The number of halogens is 1. The normalized spacial score (nSPS) is 10.5. The summed E-state index contributed by atoms with van der Waals surface area (Å²) in [6.07, 6.45) is 6.40. The zero-order valence-corrected chi connectivity index (χ0v) is 9.86. The molecule has 2 aromatic rings. The van der Waals surface area contributed by atoms with Gasteiger partial charge >= 0.3 is 0 Å². The first kappa shape index (κ1) is 11.6. The number of nitrogens with one attached hydrogen (secondary N) is 1. The summed E-state index contributed by atoms with van der Waals surface area (Å²) >= 11 is 0. The van der Waals surface area contributed by atoms with Gasteiger partial charge in [0.1, 0.15) is 5.82 Å². The maximum Gasteiger partial charge on any atom is 0.146 e. The van der Waals surface area contributed by atoms with Crippen molar-refractivity contribution in [1.29, 1.82) is 0 Å². The number of benzene rings is 1. The van der Waals surface area contributed by atoms with Gasteiger partial charge in [0.15, 0.2) is 0 Å². The summed E-state index contributed by atoms with van der Waals surface area (Å²) in [5.74, 6) is -0.187. The number of imidazole rings is 1. The molecule has 3 nitrogen and oxygen atoms in total. The van der Waals surface area contributed by atoms with E-state index < -0.39 is 0 Å². The number of nitrogens with zero attached hydrogens (tertiary/aromatic N) is 2. The molecule has 0 bridgehead atoms. The average Bonchev–Trinajstić information content (AvgIpc) is 2.79. The Hall–Kier alpha value is -1.84. The molecule has 0 spiro atoms. The molecule has 0 radical (unpaired) electrons. The second kappa shape index (κ2) is 5.48. The van der Waals surface area contributed by atoms with E-state index in [1.165, 1.54) is 6.07 Å². The van der Waals surface area contributed by atoms with Crippen molar-refractivity contribution < 1.29 is 4.39 Å². The quantitative estimate of drug-likeness (QED) is 0.805. The summed E-state index contributed by atoms with van der Waals surface area (Å²) in [7, 11) is 0. The molecule has 0 unspecified atom stereocenters. The molecule has 0 saturated heterocycles. The number of anilines is 1. The van der Waals surface area contributed by atoms with E-state index >= 15 is 0 Å². The van der Waals surface area contributed by atoms with Crippen molar-refractivity contribution in [2.75, 3.05) is 11.9 Å². The lowest BCUT2D eigenvalue weighted by Gasteiger charge is -2.08. The molecule has 0 aliphatic rings. The largest absolute Gasteiger partial charge is 0.383 e. The van der Waals surface area contributed by atoms with Crippen molar-refractivity contribution in [3.63, 3.8) is 0 Å². The Kier molecular flexibility index (Phi) is 3.75. The van der Waals surface area contributed by atoms with Crippen molar-refractivity contribution in [1.82, 2.24) is 9.55 Å². The minimum Gasteiger partial charge on any atom is -0.383 e. The fraction of sp³-hybridized carbons (Fsp3) is 0.308. The highest BCUT2D eigenvalue weighted by atomic mass is 19.1. The maximum absolute atomic E-state index is 13.5. The lowest BCUT2D eigenvalue weighted by Crippen LogP contribution is -2.07. The van der Waals surface area contributed by atoms with Crippen LogP contribution in [0.3, 0.4) is 0 Å². The SMILES string of the molecule is Cc1ccc(NCCCn2ccnc2)c(F)c1. The van der Waals surface area contributed by atoms with E-state index in [-0.39, 0.29) is 5.82 Å². The first-order valence-corrected chi connectivity index (χ1v) is 5.71. The smallest absolute Gasteiger partial charge is 0.146 e. The third-order valence-electron chi connectivity index (χ3n) is 2.59. The van der Waals surface area contributed by atoms with E-state index in [9.17, 15) is 4.39 Å². The third kappa shape index (κ3) is 3.31. The van der Waals surface area contributed by atoms with Gasteiger partial charge in [0.05, 0.1) is 12.0 Å².